The minimum atomic E-state index is -0.309. The molecule has 29 heavy (non-hydrogen) atoms. The number of carbonyl (C=O) groups is 2. The lowest BCUT2D eigenvalue weighted by Crippen LogP contribution is -2.27. The first-order valence-electron chi connectivity index (χ1n) is 8.54. The predicted octanol–water partition coefficient (Wildman–Crippen LogP) is 5.86. The van der Waals surface area contributed by atoms with Crippen LogP contribution in [-0.4, -0.2) is 29.8 Å². The van der Waals surface area contributed by atoms with E-state index in [0.29, 0.717) is 23.0 Å². The number of carbonyl (C=O) groups excluding carboxylic acids is 2. The molecule has 150 valence electrons. The Morgan fingerprint density at radius 3 is 2.72 bits per heavy atom. The molecule has 0 atom stereocenters. The molecule has 0 spiro atoms. The number of halogens is 2. The summed E-state index contributed by atoms with van der Waals surface area (Å²) in [5.74, 6) is 0.862. The molecule has 0 radical (unpaired) electrons. The molecule has 8 heteroatoms. The average Bonchev–Trinajstić information content (AvgIpc) is 2.95. The average molecular weight is 586 g/mol. The Labute approximate surface area is 195 Å². The molecule has 3 rings (SSSR count). The van der Waals surface area contributed by atoms with E-state index in [1.165, 1.54) is 4.90 Å². The van der Waals surface area contributed by atoms with Crippen molar-refractivity contribution in [3.05, 3.63) is 73.1 Å². The molecule has 1 fully saturated rings. The van der Waals surface area contributed by atoms with Crippen LogP contribution in [-0.2, 0) is 11.3 Å². The largest absolute Gasteiger partial charge is 0.493 e. The van der Waals surface area contributed by atoms with Crippen LogP contribution < -0.4 is 9.47 Å². The quantitative estimate of drug-likeness (QED) is 0.231. The number of imide groups is 1. The van der Waals surface area contributed by atoms with Crippen LogP contribution in [0.1, 0.15) is 11.1 Å². The van der Waals surface area contributed by atoms with Crippen molar-refractivity contribution < 1.29 is 19.1 Å². The van der Waals surface area contributed by atoms with Crippen molar-refractivity contribution in [2.24, 2.45) is 0 Å². The number of methoxy groups -OCH3 is 1. The molecule has 0 saturated carbocycles. The van der Waals surface area contributed by atoms with Gasteiger partial charge in [-0.05, 0) is 69.8 Å². The zero-order valence-electron chi connectivity index (χ0n) is 15.5. The normalized spacial score (nSPS) is 15.1. The summed E-state index contributed by atoms with van der Waals surface area (Å²) in [6.07, 6.45) is 3.36. The van der Waals surface area contributed by atoms with Crippen LogP contribution in [0.3, 0.4) is 0 Å². The number of benzene rings is 2. The number of thioether (sulfide) groups is 1. The van der Waals surface area contributed by atoms with Gasteiger partial charge in [-0.15, -0.1) is 0 Å². The van der Waals surface area contributed by atoms with E-state index in [2.05, 4.69) is 45.1 Å². The first-order valence-corrected chi connectivity index (χ1v) is 11.2. The first-order chi connectivity index (χ1) is 13.9. The van der Waals surface area contributed by atoms with Gasteiger partial charge in [-0.3, -0.25) is 14.5 Å². The number of amides is 2. The second-order valence-electron chi connectivity index (χ2n) is 5.99. The van der Waals surface area contributed by atoms with Gasteiger partial charge >= 0.3 is 0 Å². The summed E-state index contributed by atoms with van der Waals surface area (Å²) in [6.45, 7) is 4.23. The lowest BCUT2D eigenvalue weighted by molar-refractivity contribution is -0.123. The van der Waals surface area contributed by atoms with Crippen molar-refractivity contribution in [2.75, 3.05) is 13.7 Å². The number of ether oxygens (including phenoxy) is 2. The molecule has 2 aromatic carbocycles. The molecule has 0 N–H and O–H groups in total. The van der Waals surface area contributed by atoms with Gasteiger partial charge < -0.3 is 9.47 Å². The molecule has 1 heterocycles. The summed E-state index contributed by atoms with van der Waals surface area (Å²) in [6, 6.07) is 11.2. The maximum Gasteiger partial charge on any atom is 0.293 e. The summed E-state index contributed by atoms with van der Waals surface area (Å²) in [5.41, 5.74) is 1.62. The number of hydrogen-bond donors (Lipinski definition) is 0. The number of hydrogen-bond acceptors (Lipinski definition) is 5. The summed E-state index contributed by atoms with van der Waals surface area (Å²) in [5, 5.41) is -0.287. The van der Waals surface area contributed by atoms with Gasteiger partial charge in [0.2, 0.25) is 0 Å². The van der Waals surface area contributed by atoms with Crippen molar-refractivity contribution in [1.29, 1.82) is 0 Å². The minimum Gasteiger partial charge on any atom is -0.493 e. The van der Waals surface area contributed by atoms with Crippen LogP contribution in [0, 0.1) is 3.57 Å². The Hall–Kier alpha value is -1.78. The molecular weight excluding hydrogens is 569 g/mol. The van der Waals surface area contributed by atoms with E-state index in [9.17, 15) is 9.59 Å². The van der Waals surface area contributed by atoms with Crippen molar-refractivity contribution >= 4 is 67.5 Å². The van der Waals surface area contributed by atoms with Gasteiger partial charge in [0.25, 0.3) is 11.1 Å². The Balaban J connectivity index is 1.86. The van der Waals surface area contributed by atoms with Crippen LogP contribution in [0.4, 0.5) is 4.79 Å². The maximum absolute atomic E-state index is 12.8. The van der Waals surface area contributed by atoms with E-state index in [1.54, 1.807) is 25.3 Å². The highest BCUT2D eigenvalue weighted by atomic mass is 127. The molecule has 1 aliphatic heterocycles. The molecule has 5 nitrogen and oxygen atoms in total. The summed E-state index contributed by atoms with van der Waals surface area (Å²) in [7, 11) is 1.56. The van der Waals surface area contributed by atoms with E-state index in [4.69, 9.17) is 9.47 Å². The van der Waals surface area contributed by atoms with Gasteiger partial charge in [-0.2, -0.15) is 0 Å². The van der Waals surface area contributed by atoms with E-state index in [-0.39, 0.29) is 17.7 Å². The third-order valence-electron chi connectivity index (χ3n) is 4.05. The van der Waals surface area contributed by atoms with Gasteiger partial charge in [-0.25, -0.2) is 0 Å². The first kappa shape index (κ1) is 21.9. The van der Waals surface area contributed by atoms with Gasteiger partial charge in [-0.1, -0.05) is 46.8 Å². The fourth-order valence-electron chi connectivity index (χ4n) is 2.69. The molecule has 2 amide bonds. The summed E-state index contributed by atoms with van der Waals surface area (Å²) < 4.78 is 12.8. The van der Waals surface area contributed by atoms with E-state index < -0.39 is 0 Å². The predicted molar refractivity (Wildman–Crippen MR) is 127 cm³/mol. The SMILES string of the molecule is C=CCOc1c(I)cc(/C=C2\SC(=O)N(Cc3ccccc3Br)C2=O)cc1OC. The Bertz CT molecular complexity index is 1010. The highest BCUT2D eigenvalue weighted by Crippen LogP contribution is 2.38. The number of rotatable bonds is 7. The summed E-state index contributed by atoms with van der Waals surface area (Å²) in [4.78, 5) is 26.9. The monoisotopic (exact) mass is 585 g/mol. The Kier molecular flexibility index (Phi) is 7.42. The molecule has 0 aliphatic carbocycles. The molecular formula is C21H17BrINO4S. The van der Waals surface area contributed by atoms with Gasteiger partial charge in [0, 0.05) is 4.47 Å². The van der Waals surface area contributed by atoms with Crippen LogP contribution in [0.5, 0.6) is 11.5 Å². The highest BCUT2D eigenvalue weighted by Gasteiger charge is 2.35. The lowest BCUT2D eigenvalue weighted by Gasteiger charge is -2.14. The van der Waals surface area contributed by atoms with E-state index in [0.717, 1.165) is 30.9 Å². The second kappa shape index (κ2) is 9.82. The van der Waals surface area contributed by atoms with Crippen LogP contribution in [0.25, 0.3) is 6.08 Å². The zero-order valence-corrected chi connectivity index (χ0v) is 20.0. The van der Waals surface area contributed by atoms with Gasteiger partial charge in [0.15, 0.2) is 11.5 Å². The summed E-state index contributed by atoms with van der Waals surface area (Å²) >= 11 is 6.54. The van der Waals surface area contributed by atoms with E-state index >= 15 is 0 Å². The molecule has 0 unspecified atom stereocenters. The van der Waals surface area contributed by atoms with Gasteiger partial charge in [0.05, 0.1) is 22.1 Å². The van der Waals surface area contributed by atoms with Crippen molar-refractivity contribution in [3.8, 4) is 11.5 Å². The molecule has 2 aromatic rings. The molecule has 1 aliphatic rings. The lowest BCUT2D eigenvalue weighted by atomic mass is 10.1. The molecule has 0 bridgehead atoms. The molecule has 1 saturated heterocycles. The minimum absolute atomic E-state index is 0.221. The van der Waals surface area contributed by atoms with Gasteiger partial charge in [0.1, 0.15) is 6.61 Å². The van der Waals surface area contributed by atoms with Crippen molar-refractivity contribution in [1.82, 2.24) is 4.90 Å². The van der Waals surface area contributed by atoms with Crippen LogP contribution in [0.2, 0.25) is 0 Å². The fraction of sp³-hybridized carbons (Fsp3) is 0.143. The molecule has 0 aromatic heterocycles. The number of nitrogens with zero attached hydrogens (tertiary/aromatic N) is 1. The third kappa shape index (κ3) is 5.04. The highest BCUT2D eigenvalue weighted by molar-refractivity contribution is 14.1. The smallest absolute Gasteiger partial charge is 0.293 e. The standard InChI is InChI=1S/C21H17BrINO4S/c1-3-8-28-19-16(23)9-13(10-17(19)27-2)11-18-20(25)24(21(26)29-18)12-14-6-4-5-7-15(14)22/h3-7,9-11H,1,8,12H2,2H3/b18-11-. The van der Waals surface area contributed by atoms with Crippen molar-refractivity contribution in [2.45, 2.75) is 6.54 Å². The maximum atomic E-state index is 12.8. The third-order valence-corrected chi connectivity index (χ3v) is 6.54. The Morgan fingerprint density at radius 1 is 1.28 bits per heavy atom. The van der Waals surface area contributed by atoms with Crippen LogP contribution >= 0.6 is 50.3 Å². The van der Waals surface area contributed by atoms with Crippen molar-refractivity contribution in [3.63, 3.8) is 0 Å². The topological polar surface area (TPSA) is 55.8 Å². The zero-order chi connectivity index (χ0) is 21.0. The van der Waals surface area contributed by atoms with E-state index in [1.807, 2.05) is 30.3 Å². The fourth-order valence-corrected chi connectivity index (χ4v) is 4.72. The Morgan fingerprint density at radius 2 is 2.03 bits per heavy atom. The second-order valence-corrected chi connectivity index (χ2v) is 9.00. The van der Waals surface area contributed by atoms with Crippen LogP contribution in [0.15, 0.2) is 58.4 Å².